The Morgan fingerprint density at radius 3 is 2.33 bits per heavy atom. The molecule has 2 rings (SSSR count). The lowest BCUT2D eigenvalue weighted by molar-refractivity contribution is 0.181. The summed E-state index contributed by atoms with van der Waals surface area (Å²) in [5.74, 6) is 6.67. The fraction of sp³-hybridized carbons (Fsp3) is 0.375. The van der Waals surface area contributed by atoms with Crippen molar-refractivity contribution in [1.29, 1.82) is 0 Å². The number of nitrogens with one attached hydrogen (secondary N) is 1. The number of nitrogen functional groups attached to an aromatic ring is 1. The van der Waals surface area contributed by atoms with Gasteiger partial charge in [-0.3, -0.25) is 0 Å². The van der Waals surface area contributed by atoms with Gasteiger partial charge in [-0.1, -0.05) is 45.0 Å². The Morgan fingerprint density at radius 2 is 1.81 bits per heavy atom. The highest BCUT2D eigenvalue weighted by Gasteiger charge is 2.14. The van der Waals surface area contributed by atoms with Gasteiger partial charge in [0.15, 0.2) is 5.82 Å². The van der Waals surface area contributed by atoms with Crippen LogP contribution in [0.2, 0.25) is 0 Å². The number of hydrogen-bond acceptors (Lipinski definition) is 5. The molecular formula is C16H22N4O. The van der Waals surface area contributed by atoms with Crippen LogP contribution in [0.5, 0.6) is 0 Å². The Morgan fingerprint density at radius 1 is 1.14 bits per heavy atom. The molecule has 3 N–H and O–H groups in total. The third-order valence-electron chi connectivity index (χ3n) is 3.23. The summed E-state index contributed by atoms with van der Waals surface area (Å²) in [6, 6.07) is 10.1. The third kappa shape index (κ3) is 3.77. The highest BCUT2D eigenvalue weighted by atomic mass is 16.5. The number of nitrogens with zero attached hydrogens (tertiary/aromatic N) is 2. The third-order valence-corrected chi connectivity index (χ3v) is 3.23. The zero-order valence-corrected chi connectivity index (χ0v) is 13.0. The molecule has 0 bridgehead atoms. The molecule has 5 heteroatoms. The van der Waals surface area contributed by atoms with Crippen LogP contribution in [0.1, 0.15) is 32.0 Å². The summed E-state index contributed by atoms with van der Waals surface area (Å²) in [4.78, 5) is 8.89. The molecule has 0 saturated heterocycles. The summed E-state index contributed by atoms with van der Waals surface area (Å²) in [7, 11) is 1.63. The maximum atomic E-state index is 5.46. The van der Waals surface area contributed by atoms with E-state index in [1.807, 2.05) is 12.1 Å². The van der Waals surface area contributed by atoms with Gasteiger partial charge < -0.3 is 10.2 Å². The van der Waals surface area contributed by atoms with Crippen LogP contribution in [0.25, 0.3) is 11.4 Å². The Kier molecular flexibility index (Phi) is 4.55. The van der Waals surface area contributed by atoms with E-state index in [0.717, 1.165) is 11.3 Å². The molecule has 0 saturated carbocycles. The van der Waals surface area contributed by atoms with Crippen molar-refractivity contribution in [2.45, 2.75) is 32.8 Å². The fourth-order valence-electron chi connectivity index (χ4n) is 2.04. The average molecular weight is 286 g/mol. The summed E-state index contributed by atoms with van der Waals surface area (Å²) >= 11 is 0. The maximum Gasteiger partial charge on any atom is 0.161 e. The van der Waals surface area contributed by atoms with E-state index in [9.17, 15) is 0 Å². The van der Waals surface area contributed by atoms with Crippen molar-refractivity contribution in [3.05, 3.63) is 41.6 Å². The molecule has 1 aromatic carbocycles. The zero-order chi connectivity index (χ0) is 15.5. The molecule has 0 fully saturated rings. The van der Waals surface area contributed by atoms with Gasteiger partial charge in [0.2, 0.25) is 0 Å². The van der Waals surface area contributed by atoms with E-state index < -0.39 is 0 Å². The predicted octanol–water partition coefficient (Wildman–Crippen LogP) is 2.87. The van der Waals surface area contributed by atoms with E-state index >= 15 is 0 Å². The lowest BCUT2D eigenvalue weighted by atomic mass is 9.87. The number of aromatic nitrogens is 2. The Hall–Kier alpha value is -1.98. The van der Waals surface area contributed by atoms with E-state index in [-0.39, 0.29) is 5.41 Å². The first-order chi connectivity index (χ1) is 9.94. The lowest BCUT2D eigenvalue weighted by Gasteiger charge is -2.19. The van der Waals surface area contributed by atoms with Crippen LogP contribution >= 0.6 is 0 Å². The standard InChI is InChI=1S/C16H22N4O/c1-16(2,3)12-7-5-11(6-8-12)15-18-13(10-21-4)9-14(19-15)20-17/h5-9H,10,17H2,1-4H3,(H,18,19,20). The number of hydrazine groups is 1. The quantitative estimate of drug-likeness (QED) is 0.668. The van der Waals surface area contributed by atoms with Crippen molar-refractivity contribution in [3.63, 3.8) is 0 Å². The van der Waals surface area contributed by atoms with E-state index in [1.54, 1.807) is 13.2 Å². The number of anilines is 1. The van der Waals surface area contributed by atoms with Gasteiger partial charge in [0.05, 0.1) is 12.3 Å². The van der Waals surface area contributed by atoms with Crippen LogP contribution in [0.4, 0.5) is 5.82 Å². The predicted molar refractivity (Wildman–Crippen MR) is 84.7 cm³/mol. The number of hydrogen-bond donors (Lipinski definition) is 2. The van der Waals surface area contributed by atoms with E-state index in [1.165, 1.54) is 5.56 Å². The molecule has 0 atom stereocenters. The second kappa shape index (κ2) is 6.20. The molecular weight excluding hydrogens is 264 g/mol. The second-order valence-electron chi connectivity index (χ2n) is 5.97. The van der Waals surface area contributed by atoms with E-state index in [2.05, 4.69) is 48.3 Å². The fourth-order valence-corrected chi connectivity index (χ4v) is 2.04. The van der Waals surface area contributed by atoms with Crippen LogP contribution in [0, 0.1) is 0 Å². The molecule has 0 aliphatic heterocycles. The Labute approximate surface area is 125 Å². The zero-order valence-electron chi connectivity index (χ0n) is 13.0. The van der Waals surface area contributed by atoms with Crippen molar-refractivity contribution in [1.82, 2.24) is 9.97 Å². The van der Waals surface area contributed by atoms with Crippen molar-refractivity contribution in [2.24, 2.45) is 5.84 Å². The number of rotatable bonds is 4. The molecule has 1 aromatic heterocycles. The first kappa shape index (κ1) is 15.4. The van der Waals surface area contributed by atoms with Crippen LogP contribution in [0.15, 0.2) is 30.3 Å². The van der Waals surface area contributed by atoms with E-state index in [0.29, 0.717) is 18.2 Å². The molecule has 0 aliphatic rings. The number of nitrogens with two attached hydrogens (primary N) is 1. The van der Waals surface area contributed by atoms with Gasteiger partial charge in [-0.05, 0) is 11.0 Å². The number of benzene rings is 1. The molecule has 1 heterocycles. The summed E-state index contributed by atoms with van der Waals surface area (Å²) in [6.07, 6.45) is 0. The molecule has 0 radical (unpaired) electrons. The number of methoxy groups -OCH3 is 1. The molecule has 21 heavy (non-hydrogen) atoms. The first-order valence-electron chi connectivity index (χ1n) is 6.88. The van der Waals surface area contributed by atoms with E-state index in [4.69, 9.17) is 10.6 Å². The van der Waals surface area contributed by atoms with Crippen molar-refractivity contribution < 1.29 is 4.74 Å². The second-order valence-corrected chi connectivity index (χ2v) is 5.97. The smallest absolute Gasteiger partial charge is 0.161 e. The monoisotopic (exact) mass is 286 g/mol. The topological polar surface area (TPSA) is 73.1 Å². The normalized spacial score (nSPS) is 11.5. The van der Waals surface area contributed by atoms with Gasteiger partial charge in [0.25, 0.3) is 0 Å². The summed E-state index contributed by atoms with van der Waals surface area (Å²) in [6.45, 7) is 6.99. The van der Waals surface area contributed by atoms with Gasteiger partial charge in [0, 0.05) is 18.7 Å². The Balaban J connectivity index is 2.39. The van der Waals surface area contributed by atoms with Gasteiger partial charge in [-0.25, -0.2) is 15.8 Å². The highest BCUT2D eigenvalue weighted by Crippen LogP contribution is 2.25. The molecule has 0 unspecified atom stereocenters. The molecule has 0 aliphatic carbocycles. The van der Waals surface area contributed by atoms with Gasteiger partial charge in [-0.15, -0.1) is 0 Å². The molecule has 2 aromatic rings. The van der Waals surface area contributed by atoms with Crippen molar-refractivity contribution in [2.75, 3.05) is 12.5 Å². The van der Waals surface area contributed by atoms with Gasteiger partial charge in [0.1, 0.15) is 5.82 Å². The van der Waals surface area contributed by atoms with Crippen LogP contribution in [-0.4, -0.2) is 17.1 Å². The van der Waals surface area contributed by atoms with Crippen LogP contribution in [0.3, 0.4) is 0 Å². The van der Waals surface area contributed by atoms with Gasteiger partial charge >= 0.3 is 0 Å². The molecule has 112 valence electrons. The molecule has 0 amide bonds. The highest BCUT2D eigenvalue weighted by molar-refractivity contribution is 5.58. The van der Waals surface area contributed by atoms with Crippen LogP contribution < -0.4 is 11.3 Å². The lowest BCUT2D eigenvalue weighted by Crippen LogP contribution is -2.11. The minimum Gasteiger partial charge on any atom is -0.378 e. The molecule has 0 spiro atoms. The Bertz CT molecular complexity index is 603. The SMILES string of the molecule is COCc1cc(NN)nc(-c2ccc(C(C)(C)C)cc2)n1. The summed E-state index contributed by atoms with van der Waals surface area (Å²) in [5.41, 5.74) is 5.71. The maximum absolute atomic E-state index is 5.46. The average Bonchev–Trinajstić information content (AvgIpc) is 2.46. The minimum absolute atomic E-state index is 0.126. The minimum atomic E-state index is 0.126. The largest absolute Gasteiger partial charge is 0.378 e. The van der Waals surface area contributed by atoms with Crippen molar-refractivity contribution >= 4 is 5.82 Å². The summed E-state index contributed by atoms with van der Waals surface area (Å²) < 4.78 is 5.12. The van der Waals surface area contributed by atoms with Crippen molar-refractivity contribution in [3.8, 4) is 11.4 Å². The van der Waals surface area contributed by atoms with Crippen LogP contribution in [-0.2, 0) is 16.8 Å². The molecule has 5 nitrogen and oxygen atoms in total. The van der Waals surface area contributed by atoms with Gasteiger partial charge in [-0.2, -0.15) is 0 Å². The number of ether oxygens (including phenoxy) is 1. The summed E-state index contributed by atoms with van der Waals surface area (Å²) in [5, 5.41) is 0. The first-order valence-corrected chi connectivity index (χ1v) is 6.88.